The lowest BCUT2D eigenvalue weighted by Crippen LogP contribution is -2.38. The zero-order valence-corrected chi connectivity index (χ0v) is 11.8. The molecule has 3 heteroatoms. The van der Waals surface area contributed by atoms with Gasteiger partial charge in [-0.25, -0.2) is 0 Å². The van der Waals surface area contributed by atoms with E-state index in [4.69, 9.17) is 0 Å². The maximum Gasteiger partial charge on any atom is 0.253 e. The molecule has 0 N–H and O–H groups in total. The second-order valence-electron chi connectivity index (χ2n) is 4.41. The van der Waals surface area contributed by atoms with Crippen molar-refractivity contribution in [2.45, 2.75) is 26.8 Å². The number of carbonyl (C=O) groups is 1. The highest BCUT2D eigenvalue weighted by molar-refractivity contribution is 9.10. The Hall–Kier alpha value is -0.830. The van der Waals surface area contributed by atoms with Crippen molar-refractivity contribution in [2.24, 2.45) is 5.92 Å². The van der Waals surface area contributed by atoms with Crippen molar-refractivity contribution in [1.82, 2.24) is 4.90 Å². The maximum absolute atomic E-state index is 12.1. The van der Waals surface area contributed by atoms with Gasteiger partial charge in [0.15, 0.2) is 0 Å². The zero-order chi connectivity index (χ0) is 12.3. The summed E-state index contributed by atoms with van der Waals surface area (Å²) in [5.74, 6) is 0.531. The van der Waals surface area contributed by atoms with Gasteiger partial charge in [-0.15, -0.1) is 0 Å². The Labute approximate surface area is 106 Å². The molecule has 1 rings (SSSR count). The Bertz CT molecular complexity index is 376. The molecule has 0 heterocycles. The molecule has 0 saturated carbocycles. The van der Waals surface area contributed by atoms with Crippen LogP contribution in [0.15, 0.2) is 28.7 Å². The maximum atomic E-state index is 12.1. The Morgan fingerprint density at radius 1 is 1.31 bits per heavy atom. The number of nitrogens with zero attached hydrogens (tertiary/aromatic N) is 1. The first kappa shape index (κ1) is 13.2. The van der Waals surface area contributed by atoms with E-state index in [0.717, 1.165) is 10.0 Å². The number of carbonyl (C=O) groups excluding carboxylic acids is 1. The monoisotopic (exact) mass is 283 g/mol. The van der Waals surface area contributed by atoms with Crippen LogP contribution in [0.1, 0.15) is 31.1 Å². The summed E-state index contributed by atoms with van der Waals surface area (Å²) in [6.07, 6.45) is 0. The van der Waals surface area contributed by atoms with Gasteiger partial charge >= 0.3 is 0 Å². The number of benzene rings is 1. The van der Waals surface area contributed by atoms with Crippen molar-refractivity contribution >= 4 is 21.8 Å². The number of halogens is 1. The number of hydrogen-bond acceptors (Lipinski definition) is 1. The lowest BCUT2D eigenvalue weighted by Gasteiger charge is -2.28. The van der Waals surface area contributed by atoms with Gasteiger partial charge in [-0.05, 0) is 31.0 Å². The fraction of sp³-hybridized carbons (Fsp3) is 0.462. The van der Waals surface area contributed by atoms with Gasteiger partial charge in [0.05, 0.1) is 0 Å². The van der Waals surface area contributed by atoms with E-state index < -0.39 is 0 Å². The molecule has 0 spiro atoms. The number of rotatable bonds is 3. The average molecular weight is 284 g/mol. The zero-order valence-electron chi connectivity index (χ0n) is 10.2. The van der Waals surface area contributed by atoms with E-state index in [0.29, 0.717) is 5.92 Å². The minimum absolute atomic E-state index is 0.0718. The molecule has 1 atom stereocenters. The van der Waals surface area contributed by atoms with Gasteiger partial charge in [0, 0.05) is 23.1 Å². The summed E-state index contributed by atoms with van der Waals surface area (Å²) in [5, 5.41) is 0. The first-order valence-electron chi connectivity index (χ1n) is 5.46. The summed E-state index contributed by atoms with van der Waals surface area (Å²) in [4.78, 5) is 13.9. The van der Waals surface area contributed by atoms with Gasteiger partial charge in [-0.1, -0.05) is 35.8 Å². The molecular formula is C13H18BrNO. The highest BCUT2D eigenvalue weighted by Crippen LogP contribution is 2.16. The molecule has 2 nitrogen and oxygen atoms in total. The van der Waals surface area contributed by atoms with Crippen molar-refractivity contribution in [1.29, 1.82) is 0 Å². The topological polar surface area (TPSA) is 20.3 Å². The number of hydrogen-bond donors (Lipinski definition) is 0. The highest BCUT2D eigenvalue weighted by atomic mass is 79.9. The Morgan fingerprint density at radius 3 is 2.44 bits per heavy atom. The van der Waals surface area contributed by atoms with Gasteiger partial charge in [-0.3, -0.25) is 4.79 Å². The molecule has 1 amide bonds. The second-order valence-corrected chi connectivity index (χ2v) is 5.33. The first-order valence-corrected chi connectivity index (χ1v) is 6.25. The summed E-state index contributed by atoms with van der Waals surface area (Å²) in [5.41, 5.74) is 0.726. The quantitative estimate of drug-likeness (QED) is 0.831. The molecule has 1 aromatic rings. The van der Waals surface area contributed by atoms with Gasteiger partial charge in [0.25, 0.3) is 5.91 Å². The van der Waals surface area contributed by atoms with E-state index in [1.54, 1.807) is 4.90 Å². The normalized spacial score (nSPS) is 12.6. The third kappa shape index (κ3) is 3.08. The summed E-state index contributed by atoms with van der Waals surface area (Å²) in [7, 11) is 1.86. The molecule has 0 bridgehead atoms. The van der Waals surface area contributed by atoms with Gasteiger partial charge in [0.2, 0.25) is 0 Å². The SMILES string of the molecule is CC(C)C(C)N(C)C(=O)c1cccc(Br)c1. The largest absolute Gasteiger partial charge is 0.339 e. The van der Waals surface area contributed by atoms with Crippen LogP contribution in [0.3, 0.4) is 0 Å². The van der Waals surface area contributed by atoms with Crippen molar-refractivity contribution in [3.63, 3.8) is 0 Å². The van der Waals surface area contributed by atoms with E-state index in [1.807, 2.05) is 31.3 Å². The van der Waals surface area contributed by atoms with Crippen molar-refractivity contribution < 1.29 is 4.79 Å². The van der Waals surface area contributed by atoms with Crippen LogP contribution in [0.25, 0.3) is 0 Å². The van der Waals surface area contributed by atoms with Gasteiger partial charge in [0.1, 0.15) is 0 Å². The molecule has 88 valence electrons. The molecule has 0 fully saturated rings. The van der Waals surface area contributed by atoms with E-state index in [-0.39, 0.29) is 11.9 Å². The van der Waals surface area contributed by atoms with Crippen LogP contribution in [0.5, 0.6) is 0 Å². The van der Waals surface area contributed by atoms with E-state index >= 15 is 0 Å². The average Bonchev–Trinajstić information content (AvgIpc) is 2.26. The molecule has 0 aliphatic rings. The van der Waals surface area contributed by atoms with Gasteiger partial charge in [-0.2, -0.15) is 0 Å². The van der Waals surface area contributed by atoms with Crippen molar-refractivity contribution in [2.75, 3.05) is 7.05 Å². The molecule has 1 aromatic carbocycles. The van der Waals surface area contributed by atoms with Crippen LogP contribution in [0, 0.1) is 5.92 Å². The summed E-state index contributed by atoms with van der Waals surface area (Å²) >= 11 is 3.37. The van der Waals surface area contributed by atoms with Crippen LogP contribution >= 0.6 is 15.9 Å². The van der Waals surface area contributed by atoms with Crippen LogP contribution in [0.2, 0.25) is 0 Å². The van der Waals surface area contributed by atoms with Crippen molar-refractivity contribution in [3.8, 4) is 0 Å². The Balaban J connectivity index is 2.86. The molecule has 1 unspecified atom stereocenters. The lowest BCUT2D eigenvalue weighted by molar-refractivity contribution is 0.0707. The van der Waals surface area contributed by atoms with Crippen LogP contribution in [-0.4, -0.2) is 23.9 Å². The van der Waals surface area contributed by atoms with Crippen molar-refractivity contribution in [3.05, 3.63) is 34.3 Å². The Morgan fingerprint density at radius 2 is 1.94 bits per heavy atom. The van der Waals surface area contributed by atoms with Crippen LogP contribution in [0.4, 0.5) is 0 Å². The molecule has 16 heavy (non-hydrogen) atoms. The summed E-state index contributed by atoms with van der Waals surface area (Å²) < 4.78 is 0.934. The molecule has 0 radical (unpaired) electrons. The predicted molar refractivity (Wildman–Crippen MR) is 70.5 cm³/mol. The molecule has 0 saturated heterocycles. The smallest absolute Gasteiger partial charge is 0.253 e. The summed E-state index contributed by atoms with van der Waals surface area (Å²) in [6.45, 7) is 6.31. The third-order valence-corrected chi connectivity index (χ3v) is 3.46. The predicted octanol–water partition coefficient (Wildman–Crippen LogP) is 3.57. The van der Waals surface area contributed by atoms with E-state index in [2.05, 4.69) is 36.7 Å². The first-order chi connectivity index (χ1) is 7.43. The summed E-state index contributed by atoms with van der Waals surface area (Å²) in [6, 6.07) is 7.74. The second kappa shape index (κ2) is 5.48. The van der Waals surface area contributed by atoms with Gasteiger partial charge < -0.3 is 4.90 Å². The minimum atomic E-state index is 0.0718. The third-order valence-electron chi connectivity index (χ3n) is 2.97. The van der Waals surface area contributed by atoms with Crippen LogP contribution in [-0.2, 0) is 0 Å². The van der Waals surface area contributed by atoms with E-state index in [1.165, 1.54) is 0 Å². The fourth-order valence-corrected chi connectivity index (χ4v) is 1.86. The van der Waals surface area contributed by atoms with Crippen LogP contribution < -0.4 is 0 Å². The minimum Gasteiger partial charge on any atom is -0.339 e. The van der Waals surface area contributed by atoms with E-state index in [9.17, 15) is 4.79 Å². The fourth-order valence-electron chi connectivity index (χ4n) is 1.46. The number of amides is 1. The highest BCUT2D eigenvalue weighted by Gasteiger charge is 2.19. The molecule has 0 aromatic heterocycles. The molecule has 0 aliphatic heterocycles. The lowest BCUT2D eigenvalue weighted by atomic mass is 10.0. The standard InChI is InChI=1S/C13H18BrNO/c1-9(2)10(3)15(4)13(16)11-6-5-7-12(14)8-11/h5-10H,1-4H3. The Kier molecular flexibility index (Phi) is 4.54. The molecule has 0 aliphatic carbocycles. The molecular weight excluding hydrogens is 266 g/mol.